The largest absolute Gasteiger partial charge is 0.276 e. The monoisotopic (exact) mass is 184 g/mol. The van der Waals surface area contributed by atoms with Crippen LogP contribution in [0.4, 0.5) is 0 Å². The summed E-state index contributed by atoms with van der Waals surface area (Å²) in [6.45, 7) is 0. The van der Waals surface area contributed by atoms with Gasteiger partial charge in [-0.15, -0.1) is 0 Å². The highest BCUT2D eigenvalue weighted by Gasteiger charge is 2.07. The molecule has 0 bridgehead atoms. The van der Waals surface area contributed by atoms with Crippen LogP contribution >= 0.6 is 0 Å². The lowest BCUT2D eigenvalue weighted by atomic mass is 10.1. The van der Waals surface area contributed by atoms with Crippen molar-refractivity contribution in [2.45, 2.75) is 6.42 Å². The van der Waals surface area contributed by atoms with Gasteiger partial charge in [-0.25, -0.2) is 0 Å². The lowest BCUT2D eigenvalue weighted by Crippen LogP contribution is -1.87. The van der Waals surface area contributed by atoms with Gasteiger partial charge in [-0.05, 0) is 12.1 Å². The Morgan fingerprint density at radius 3 is 3.07 bits per heavy atom. The molecule has 0 aliphatic rings. The molecule has 0 radical (unpaired) electrons. The highest BCUT2D eigenvalue weighted by Crippen LogP contribution is 2.18. The van der Waals surface area contributed by atoms with E-state index in [1.54, 1.807) is 12.4 Å². The van der Waals surface area contributed by atoms with E-state index in [2.05, 4.69) is 21.3 Å². The smallest absolute Gasteiger partial charge is 0.0883 e. The molecule has 0 aromatic carbocycles. The molecule has 0 amide bonds. The molecule has 2 heterocycles. The molecule has 4 nitrogen and oxygen atoms in total. The van der Waals surface area contributed by atoms with Crippen LogP contribution < -0.4 is 0 Å². The summed E-state index contributed by atoms with van der Waals surface area (Å²) in [5.74, 6) is 0. The van der Waals surface area contributed by atoms with E-state index in [1.165, 1.54) is 0 Å². The zero-order valence-corrected chi connectivity index (χ0v) is 7.44. The maximum atomic E-state index is 8.60. The number of H-pyrrole nitrogens is 1. The number of pyridine rings is 1. The number of aromatic nitrogens is 3. The molecule has 0 saturated carbocycles. The Hall–Kier alpha value is -2.15. The lowest BCUT2D eigenvalue weighted by molar-refractivity contribution is 1.09. The number of hydrogen-bond donors (Lipinski definition) is 1. The molecule has 0 aliphatic carbocycles. The number of hydrogen-bond acceptors (Lipinski definition) is 3. The van der Waals surface area contributed by atoms with Crippen molar-refractivity contribution >= 4 is 0 Å². The standard InChI is InChI=1S/C10H8N4/c11-5-4-8-7-13-14-10(8)9-3-1-2-6-12-9/h1-3,6-7H,4H2,(H,13,14). The van der Waals surface area contributed by atoms with Crippen LogP contribution in [-0.2, 0) is 6.42 Å². The molecule has 4 heteroatoms. The van der Waals surface area contributed by atoms with Gasteiger partial charge in [0.15, 0.2) is 0 Å². The second-order valence-electron chi connectivity index (χ2n) is 2.82. The number of rotatable bonds is 2. The van der Waals surface area contributed by atoms with E-state index >= 15 is 0 Å². The summed E-state index contributed by atoms with van der Waals surface area (Å²) in [7, 11) is 0. The maximum Gasteiger partial charge on any atom is 0.0883 e. The minimum Gasteiger partial charge on any atom is -0.276 e. The second kappa shape index (κ2) is 3.71. The van der Waals surface area contributed by atoms with Gasteiger partial charge in [0.2, 0.25) is 0 Å². The number of nitrogens with one attached hydrogen (secondary N) is 1. The van der Waals surface area contributed by atoms with Gasteiger partial charge in [0, 0.05) is 11.8 Å². The number of nitrogens with zero attached hydrogens (tertiary/aromatic N) is 3. The van der Waals surface area contributed by atoms with Crippen molar-refractivity contribution in [1.29, 1.82) is 5.26 Å². The van der Waals surface area contributed by atoms with Crippen molar-refractivity contribution in [1.82, 2.24) is 15.2 Å². The zero-order valence-electron chi connectivity index (χ0n) is 7.44. The summed E-state index contributed by atoms with van der Waals surface area (Å²) < 4.78 is 0. The van der Waals surface area contributed by atoms with Crippen LogP contribution in [0.25, 0.3) is 11.4 Å². The zero-order chi connectivity index (χ0) is 9.80. The van der Waals surface area contributed by atoms with Crippen molar-refractivity contribution in [2.75, 3.05) is 0 Å². The molecule has 14 heavy (non-hydrogen) atoms. The first-order valence-corrected chi connectivity index (χ1v) is 4.22. The predicted octanol–water partition coefficient (Wildman–Crippen LogP) is 1.54. The average Bonchev–Trinajstić information content (AvgIpc) is 2.68. The fraction of sp³-hybridized carbons (Fsp3) is 0.100. The van der Waals surface area contributed by atoms with Gasteiger partial charge in [-0.1, -0.05) is 6.07 Å². The molecule has 2 rings (SSSR count). The van der Waals surface area contributed by atoms with Crippen molar-refractivity contribution in [3.8, 4) is 17.5 Å². The summed E-state index contributed by atoms with van der Waals surface area (Å²) in [5.41, 5.74) is 2.52. The highest BCUT2D eigenvalue weighted by molar-refractivity contribution is 5.58. The van der Waals surface area contributed by atoms with E-state index in [9.17, 15) is 0 Å². The molecule has 1 N–H and O–H groups in total. The highest BCUT2D eigenvalue weighted by atomic mass is 15.1. The van der Waals surface area contributed by atoms with Crippen LogP contribution in [-0.4, -0.2) is 15.2 Å². The Labute approximate surface area is 81.2 Å². The predicted molar refractivity (Wildman–Crippen MR) is 51.1 cm³/mol. The van der Waals surface area contributed by atoms with Gasteiger partial charge in [-0.2, -0.15) is 10.4 Å². The average molecular weight is 184 g/mol. The van der Waals surface area contributed by atoms with Crippen LogP contribution in [0.1, 0.15) is 5.56 Å². The van der Waals surface area contributed by atoms with Crippen molar-refractivity contribution in [2.24, 2.45) is 0 Å². The van der Waals surface area contributed by atoms with Crippen LogP contribution in [0, 0.1) is 11.3 Å². The Kier molecular flexibility index (Phi) is 2.24. The van der Waals surface area contributed by atoms with E-state index in [-0.39, 0.29) is 0 Å². The molecule has 0 spiro atoms. The summed E-state index contributed by atoms with van der Waals surface area (Å²) in [4.78, 5) is 4.18. The first kappa shape index (κ1) is 8.45. The Bertz CT molecular complexity index is 452. The lowest BCUT2D eigenvalue weighted by Gasteiger charge is -1.97. The van der Waals surface area contributed by atoms with Crippen molar-refractivity contribution < 1.29 is 0 Å². The van der Waals surface area contributed by atoms with Gasteiger partial charge in [-0.3, -0.25) is 10.1 Å². The minimum absolute atomic E-state index is 0.350. The number of nitriles is 1. The SMILES string of the molecule is N#CCc1cn[nH]c1-c1ccccn1. The van der Waals surface area contributed by atoms with Crippen LogP contribution in [0.2, 0.25) is 0 Å². The van der Waals surface area contributed by atoms with Crippen molar-refractivity contribution in [3.05, 3.63) is 36.2 Å². The van der Waals surface area contributed by atoms with Gasteiger partial charge < -0.3 is 0 Å². The third kappa shape index (κ3) is 1.48. The second-order valence-corrected chi connectivity index (χ2v) is 2.82. The van der Waals surface area contributed by atoms with E-state index in [0.29, 0.717) is 6.42 Å². The Morgan fingerprint density at radius 2 is 2.36 bits per heavy atom. The quantitative estimate of drug-likeness (QED) is 0.769. The molecule has 68 valence electrons. The molecular weight excluding hydrogens is 176 g/mol. The normalized spacial score (nSPS) is 9.64. The summed E-state index contributed by atoms with van der Waals surface area (Å²) in [6.07, 6.45) is 3.72. The van der Waals surface area contributed by atoms with Gasteiger partial charge in [0.25, 0.3) is 0 Å². The van der Waals surface area contributed by atoms with Crippen molar-refractivity contribution in [3.63, 3.8) is 0 Å². The van der Waals surface area contributed by atoms with Crippen LogP contribution in [0.5, 0.6) is 0 Å². The van der Waals surface area contributed by atoms with E-state index < -0.39 is 0 Å². The first-order chi connectivity index (χ1) is 6.92. The van der Waals surface area contributed by atoms with E-state index in [0.717, 1.165) is 17.0 Å². The molecule has 0 aliphatic heterocycles. The van der Waals surface area contributed by atoms with Crippen LogP contribution in [0.15, 0.2) is 30.6 Å². The first-order valence-electron chi connectivity index (χ1n) is 4.22. The molecule has 0 fully saturated rings. The molecule has 0 unspecified atom stereocenters. The molecule has 0 atom stereocenters. The molecular formula is C10H8N4. The Balaban J connectivity index is 2.43. The number of aromatic amines is 1. The minimum atomic E-state index is 0.350. The summed E-state index contributed by atoms with van der Waals surface area (Å²) >= 11 is 0. The third-order valence-electron chi connectivity index (χ3n) is 1.91. The van der Waals surface area contributed by atoms with E-state index in [1.807, 2.05) is 18.2 Å². The molecule has 2 aromatic rings. The molecule has 2 aromatic heterocycles. The van der Waals surface area contributed by atoms with Gasteiger partial charge in [0.05, 0.1) is 30.1 Å². The topological polar surface area (TPSA) is 65.4 Å². The van der Waals surface area contributed by atoms with E-state index in [4.69, 9.17) is 5.26 Å². The summed E-state index contributed by atoms with van der Waals surface area (Å²) in [5, 5.41) is 15.3. The van der Waals surface area contributed by atoms with Gasteiger partial charge >= 0.3 is 0 Å². The maximum absolute atomic E-state index is 8.60. The third-order valence-corrected chi connectivity index (χ3v) is 1.91. The molecule has 0 saturated heterocycles. The van der Waals surface area contributed by atoms with Gasteiger partial charge in [0.1, 0.15) is 0 Å². The summed E-state index contributed by atoms with van der Waals surface area (Å²) in [6, 6.07) is 7.73. The fourth-order valence-electron chi connectivity index (χ4n) is 1.26. The fourth-order valence-corrected chi connectivity index (χ4v) is 1.26. The van der Waals surface area contributed by atoms with Crippen LogP contribution in [0.3, 0.4) is 0 Å². The Morgan fingerprint density at radius 1 is 1.43 bits per heavy atom.